The summed E-state index contributed by atoms with van der Waals surface area (Å²) in [6.07, 6.45) is 11.3. The highest BCUT2D eigenvalue weighted by molar-refractivity contribution is 5.83. The molecule has 1 aliphatic carbocycles. The number of unbranched alkanes of at least 4 members (excludes halogenated alkanes) is 1. The number of urea groups is 1. The van der Waals surface area contributed by atoms with Gasteiger partial charge in [-0.2, -0.15) is 0 Å². The van der Waals surface area contributed by atoms with E-state index in [0.717, 1.165) is 36.7 Å². The normalized spacial score (nSPS) is 14.3. The predicted octanol–water partition coefficient (Wildman–Crippen LogP) is 3.49. The van der Waals surface area contributed by atoms with Crippen molar-refractivity contribution in [2.45, 2.75) is 57.3 Å². The predicted molar refractivity (Wildman–Crippen MR) is 118 cm³/mol. The lowest BCUT2D eigenvalue weighted by molar-refractivity contribution is -0.120. The molecule has 0 saturated heterocycles. The van der Waals surface area contributed by atoms with Gasteiger partial charge in [0.2, 0.25) is 5.91 Å². The van der Waals surface area contributed by atoms with Gasteiger partial charge in [-0.1, -0.05) is 43.5 Å². The van der Waals surface area contributed by atoms with E-state index in [-0.39, 0.29) is 18.5 Å². The number of nitrogens with zero attached hydrogens (tertiary/aromatic N) is 1. The molecule has 1 aliphatic rings. The van der Waals surface area contributed by atoms with Gasteiger partial charge >= 0.3 is 6.03 Å². The second kappa shape index (κ2) is 11.4. The fourth-order valence-corrected chi connectivity index (χ4v) is 3.96. The first-order valence-electron chi connectivity index (χ1n) is 11.0. The molecule has 30 heavy (non-hydrogen) atoms. The number of carbonyl (C=O) groups is 2. The number of aryl methyl sites for hydroxylation is 1. The zero-order valence-electron chi connectivity index (χ0n) is 17.8. The minimum atomic E-state index is -0.359. The fraction of sp³-hybridized carbons (Fsp3) is 0.522. The molecule has 7 heteroatoms. The Morgan fingerprint density at radius 1 is 1.07 bits per heavy atom. The monoisotopic (exact) mass is 411 g/mol. The molecular formula is C23H33N5O2. The van der Waals surface area contributed by atoms with Crippen molar-refractivity contribution in [2.24, 2.45) is 0 Å². The summed E-state index contributed by atoms with van der Waals surface area (Å²) in [5, 5.41) is 7.67. The molecular weight excluding hydrogens is 378 g/mol. The summed E-state index contributed by atoms with van der Waals surface area (Å²) >= 11 is 0. The number of benzene rings is 1. The average Bonchev–Trinajstić information content (AvgIpc) is 3.27. The van der Waals surface area contributed by atoms with Gasteiger partial charge in [-0.3, -0.25) is 4.79 Å². The van der Waals surface area contributed by atoms with Crippen LogP contribution < -0.4 is 16.0 Å². The van der Waals surface area contributed by atoms with Crippen molar-refractivity contribution in [1.29, 1.82) is 0 Å². The molecule has 0 aliphatic heterocycles. The van der Waals surface area contributed by atoms with Crippen molar-refractivity contribution >= 4 is 11.9 Å². The van der Waals surface area contributed by atoms with Crippen molar-refractivity contribution in [2.75, 3.05) is 20.1 Å². The summed E-state index contributed by atoms with van der Waals surface area (Å²) in [7, 11) is 1.51. The first-order chi connectivity index (χ1) is 14.7. The van der Waals surface area contributed by atoms with Crippen molar-refractivity contribution in [3.63, 3.8) is 0 Å². The summed E-state index contributed by atoms with van der Waals surface area (Å²) in [4.78, 5) is 30.6. The first kappa shape index (κ1) is 21.9. The molecule has 7 nitrogen and oxygen atoms in total. The lowest BCUT2D eigenvalue weighted by Gasteiger charge is -2.22. The Morgan fingerprint density at radius 3 is 2.57 bits per heavy atom. The maximum atomic E-state index is 11.6. The van der Waals surface area contributed by atoms with E-state index in [2.05, 4.69) is 50.2 Å². The molecule has 0 spiro atoms. The van der Waals surface area contributed by atoms with Crippen LogP contribution in [-0.4, -0.2) is 42.0 Å². The topological polar surface area (TPSA) is 98.9 Å². The van der Waals surface area contributed by atoms with E-state index in [9.17, 15) is 9.59 Å². The Morgan fingerprint density at radius 2 is 1.83 bits per heavy atom. The van der Waals surface area contributed by atoms with Crippen LogP contribution in [-0.2, 0) is 11.2 Å². The summed E-state index contributed by atoms with van der Waals surface area (Å²) in [6.45, 7) is 0.575. The van der Waals surface area contributed by atoms with E-state index in [1.165, 1.54) is 50.3 Å². The lowest BCUT2D eigenvalue weighted by Crippen LogP contribution is -2.40. The van der Waals surface area contributed by atoms with Crippen LogP contribution in [0.4, 0.5) is 4.79 Å². The van der Waals surface area contributed by atoms with Crippen molar-refractivity contribution < 1.29 is 9.59 Å². The third-order valence-electron chi connectivity index (χ3n) is 5.73. The lowest BCUT2D eigenvalue weighted by atomic mass is 9.84. The van der Waals surface area contributed by atoms with E-state index in [1.54, 1.807) is 0 Å². The number of rotatable bonds is 9. The Hall–Kier alpha value is -2.83. The molecule has 2 aromatic rings. The zero-order chi connectivity index (χ0) is 21.2. The molecule has 162 valence electrons. The van der Waals surface area contributed by atoms with Gasteiger partial charge in [0.1, 0.15) is 5.82 Å². The maximum Gasteiger partial charge on any atom is 0.314 e. The van der Waals surface area contributed by atoms with Crippen LogP contribution >= 0.6 is 0 Å². The molecule has 0 atom stereocenters. The van der Waals surface area contributed by atoms with Crippen LogP contribution in [0.25, 0.3) is 11.3 Å². The largest absolute Gasteiger partial charge is 0.355 e. The third kappa shape index (κ3) is 6.61. The van der Waals surface area contributed by atoms with Gasteiger partial charge in [0.25, 0.3) is 0 Å². The van der Waals surface area contributed by atoms with Gasteiger partial charge < -0.3 is 20.9 Å². The number of aromatic nitrogens is 2. The first-order valence-corrected chi connectivity index (χ1v) is 11.0. The molecule has 1 saturated carbocycles. The second-order valence-electron chi connectivity index (χ2n) is 7.94. The number of amides is 3. The number of H-pyrrole nitrogens is 1. The second-order valence-corrected chi connectivity index (χ2v) is 7.94. The standard InChI is InChI=1S/C23H33N5O2/c1-24-23(30)27-16-22(29)25-14-6-5-9-21-26-15-20(28-21)19-12-10-18(11-13-19)17-7-3-2-4-8-17/h10-13,15,17H,2-9,14,16H2,1H3,(H,25,29)(H,26,28)(H2,24,27,30). The zero-order valence-corrected chi connectivity index (χ0v) is 17.8. The minimum absolute atomic E-state index is 0.0131. The maximum absolute atomic E-state index is 11.6. The molecule has 1 heterocycles. The van der Waals surface area contributed by atoms with Crippen LogP contribution in [0, 0.1) is 0 Å². The number of carbonyl (C=O) groups excluding carboxylic acids is 2. The number of aromatic amines is 1. The number of hydrogen-bond donors (Lipinski definition) is 4. The van der Waals surface area contributed by atoms with Gasteiger partial charge in [-0.05, 0) is 42.7 Å². The Labute approximate surface area is 178 Å². The molecule has 1 fully saturated rings. The molecule has 3 amide bonds. The van der Waals surface area contributed by atoms with E-state index in [1.807, 2.05) is 6.20 Å². The summed E-state index contributed by atoms with van der Waals surface area (Å²) in [5.41, 5.74) is 3.68. The summed E-state index contributed by atoms with van der Waals surface area (Å²) in [6, 6.07) is 8.58. The molecule has 1 aromatic carbocycles. The Kier molecular flexibility index (Phi) is 8.30. The molecule has 0 bridgehead atoms. The fourth-order valence-electron chi connectivity index (χ4n) is 3.96. The highest BCUT2D eigenvalue weighted by atomic mass is 16.2. The SMILES string of the molecule is CNC(=O)NCC(=O)NCCCCc1ncc(-c2ccc(C3CCCCC3)cc2)[nH]1. The van der Waals surface area contributed by atoms with Crippen LogP contribution in [0.5, 0.6) is 0 Å². The molecule has 3 rings (SSSR count). The van der Waals surface area contributed by atoms with Crippen LogP contribution in [0.2, 0.25) is 0 Å². The van der Waals surface area contributed by atoms with Gasteiger partial charge in [0, 0.05) is 20.0 Å². The van der Waals surface area contributed by atoms with E-state index < -0.39 is 0 Å². The van der Waals surface area contributed by atoms with Gasteiger partial charge in [-0.25, -0.2) is 9.78 Å². The summed E-state index contributed by atoms with van der Waals surface area (Å²) in [5.74, 6) is 1.51. The van der Waals surface area contributed by atoms with Gasteiger partial charge in [0.05, 0.1) is 18.4 Å². The van der Waals surface area contributed by atoms with E-state index >= 15 is 0 Å². The Balaban J connectivity index is 1.38. The van der Waals surface area contributed by atoms with Crippen LogP contribution in [0.15, 0.2) is 30.5 Å². The molecule has 1 aromatic heterocycles. The number of nitrogens with one attached hydrogen (secondary N) is 4. The molecule has 0 radical (unpaired) electrons. The highest BCUT2D eigenvalue weighted by Gasteiger charge is 2.15. The van der Waals surface area contributed by atoms with Gasteiger partial charge in [0.15, 0.2) is 0 Å². The van der Waals surface area contributed by atoms with Crippen LogP contribution in [0.1, 0.15) is 62.3 Å². The smallest absolute Gasteiger partial charge is 0.314 e. The minimum Gasteiger partial charge on any atom is -0.355 e. The number of imidazole rings is 1. The quantitative estimate of drug-likeness (QED) is 0.475. The van der Waals surface area contributed by atoms with Crippen LogP contribution in [0.3, 0.4) is 0 Å². The summed E-state index contributed by atoms with van der Waals surface area (Å²) < 4.78 is 0. The number of hydrogen-bond acceptors (Lipinski definition) is 3. The highest BCUT2D eigenvalue weighted by Crippen LogP contribution is 2.33. The van der Waals surface area contributed by atoms with E-state index in [4.69, 9.17) is 0 Å². The van der Waals surface area contributed by atoms with E-state index in [0.29, 0.717) is 6.54 Å². The van der Waals surface area contributed by atoms with Crippen molar-refractivity contribution in [3.8, 4) is 11.3 Å². The molecule has 4 N–H and O–H groups in total. The average molecular weight is 412 g/mol. The van der Waals surface area contributed by atoms with Crippen molar-refractivity contribution in [3.05, 3.63) is 41.9 Å². The molecule has 0 unspecified atom stereocenters. The van der Waals surface area contributed by atoms with Gasteiger partial charge in [-0.15, -0.1) is 0 Å². The third-order valence-corrected chi connectivity index (χ3v) is 5.73. The Bertz CT molecular complexity index is 809. The van der Waals surface area contributed by atoms with Crippen molar-refractivity contribution in [1.82, 2.24) is 25.9 Å².